The third kappa shape index (κ3) is 11.8. The number of hydrogen-bond acceptors (Lipinski definition) is 8. The summed E-state index contributed by atoms with van der Waals surface area (Å²) in [6.07, 6.45) is -0.724. The number of hydrogen-bond donors (Lipinski definition) is 5. The van der Waals surface area contributed by atoms with Crippen molar-refractivity contribution in [2.45, 2.75) is 6.10 Å². The number of nitrogens with two attached hydrogens (primary N) is 1. The molecule has 13 heteroatoms. The van der Waals surface area contributed by atoms with E-state index in [4.69, 9.17) is 5.73 Å². The molecular weight excluding hydrogens is 543 g/mol. The van der Waals surface area contributed by atoms with E-state index < -0.39 is 24.0 Å². The molecule has 1 heterocycles. The quantitative estimate of drug-likeness (QED) is 0.187. The number of aliphatic hydroxyl groups excluding tert-OH is 1. The van der Waals surface area contributed by atoms with Crippen molar-refractivity contribution in [1.82, 2.24) is 14.7 Å². The molecular formula is C17H33GdN5O7+. The van der Waals surface area contributed by atoms with Crippen molar-refractivity contribution in [3.05, 3.63) is 0 Å². The van der Waals surface area contributed by atoms with Crippen molar-refractivity contribution in [3.63, 3.8) is 0 Å². The first-order chi connectivity index (χ1) is 14.0. The molecule has 0 aromatic carbocycles. The number of quaternary nitrogens is 1. The Labute approximate surface area is 202 Å². The second kappa shape index (κ2) is 13.8. The van der Waals surface area contributed by atoms with Crippen molar-refractivity contribution in [3.8, 4) is 0 Å². The van der Waals surface area contributed by atoms with Crippen LogP contribution in [0.15, 0.2) is 0 Å². The van der Waals surface area contributed by atoms with Crippen LogP contribution in [0.5, 0.6) is 0 Å². The van der Waals surface area contributed by atoms with Crippen LogP contribution in [0.3, 0.4) is 0 Å². The molecule has 0 saturated carbocycles. The molecule has 0 bridgehead atoms. The first kappa shape index (κ1) is 27.5. The van der Waals surface area contributed by atoms with Crippen LogP contribution in [0.4, 0.5) is 0 Å². The summed E-state index contributed by atoms with van der Waals surface area (Å²) in [4.78, 5) is 39.3. The summed E-state index contributed by atoms with van der Waals surface area (Å²) >= 11 is 1.58. The molecule has 1 rings (SSSR count). The second-order valence-electron chi connectivity index (χ2n) is 7.54. The monoisotopic (exact) mass is 577 g/mol. The average molecular weight is 577 g/mol. The molecule has 0 radical (unpaired) electrons. The van der Waals surface area contributed by atoms with E-state index in [1.807, 2.05) is 4.90 Å². The Kier molecular flexibility index (Phi) is 12.7. The fraction of sp³-hybridized carbons (Fsp3) is 0.824. The number of carbonyl (C=O) groups is 3. The molecule has 175 valence electrons. The zero-order valence-electron chi connectivity index (χ0n) is 17.0. The van der Waals surface area contributed by atoms with Gasteiger partial charge in [-0.3, -0.25) is 0 Å². The fourth-order valence-electron chi connectivity index (χ4n) is 3.30. The van der Waals surface area contributed by atoms with Gasteiger partial charge in [0.2, 0.25) is 0 Å². The maximum absolute atomic E-state index is 11.4. The summed E-state index contributed by atoms with van der Waals surface area (Å²) in [7, 11) is 0. The van der Waals surface area contributed by atoms with Gasteiger partial charge >= 0.3 is 203 Å². The Morgan fingerprint density at radius 1 is 0.833 bits per heavy atom. The van der Waals surface area contributed by atoms with E-state index in [2.05, 4.69) is 0 Å². The van der Waals surface area contributed by atoms with Crippen LogP contribution in [0.25, 0.3) is 0 Å². The minimum atomic E-state index is -0.983. The van der Waals surface area contributed by atoms with Crippen LogP contribution in [0.1, 0.15) is 0 Å². The van der Waals surface area contributed by atoms with E-state index >= 15 is 0 Å². The Morgan fingerprint density at radius 3 is 1.70 bits per heavy atom. The molecule has 30 heavy (non-hydrogen) atoms. The molecule has 2 unspecified atom stereocenters. The van der Waals surface area contributed by atoms with Gasteiger partial charge in [-0.1, -0.05) is 0 Å². The van der Waals surface area contributed by atoms with Crippen molar-refractivity contribution in [1.29, 1.82) is 0 Å². The van der Waals surface area contributed by atoms with E-state index in [1.165, 1.54) is 0 Å². The summed E-state index contributed by atoms with van der Waals surface area (Å²) in [6, 6.07) is 0. The summed E-state index contributed by atoms with van der Waals surface area (Å²) < 4.78 is 0.250. The van der Waals surface area contributed by atoms with Gasteiger partial charge in [-0.2, -0.15) is 0 Å². The molecule has 1 saturated heterocycles. The molecule has 0 amide bonds. The third-order valence-corrected chi connectivity index (χ3v) is 6.33. The Hall–Kier alpha value is -0.505. The standard InChI is InChI=1S/C17H33N5O7.Gd/c18-9-14(23)10-19-1-3-20(11-15(24)25)5-7-22(13-17(28)29)8-6-21(4-2-19)12-16(26)27;/h14,23H,1-13,18H2,(H,24,25)(H,26,27)(H,28,29);/q;+1. The van der Waals surface area contributed by atoms with Gasteiger partial charge in [0, 0.05) is 0 Å². The second-order valence-corrected chi connectivity index (χ2v) is 9.69. The van der Waals surface area contributed by atoms with Crippen LogP contribution in [0, 0.1) is 38.3 Å². The number of aliphatic carboxylic acids is 3. The van der Waals surface area contributed by atoms with Gasteiger partial charge in [0.05, 0.1) is 0 Å². The van der Waals surface area contributed by atoms with Gasteiger partial charge in [-0.15, -0.1) is 0 Å². The van der Waals surface area contributed by atoms with E-state index in [1.54, 1.807) is 48.1 Å². The zero-order chi connectivity index (χ0) is 22.7. The SMILES string of the molecule is NCC(O)CN1CCN(CC(=O)O)CCN(CC(=O)O)CC[N+]([Gd])(CC(=O)O)CC1. The molecule has 0 aromatic heterocycles. The van der Waals surface area contributed by atoms with E-state index in [0.717, 1.165) is 0 Å². The molecule has 0 spiro atoms. The molecule has 12 nitrogen and oxygen atoms in total. The summed E-state index contributed by atoms with van der Waals surface area (Å²) in [5, 5.41) is 37.7. The molecule has 0 aromatic rings. The van der Waals surface area contributed by atoms with E-state index in [9.17, 15) is 34.8 Å². The van der Waals surface area contributed by atoms with Gasteiger partial charge in [-0.05, 0) is 0 Å². The number of aliphatic hydroxyl groups is 1. The minimum absolute atomic E-state index is 0.0855. The first-order valence-corrected chi connectivity index (χ1v) is 10.8. The number of carboxylic acids is 3. The fourth-order valence-corrected chi connectivity index (χ4v) is 4.06. The van der Waals surface area contributed by atoms with Gasteiger partial charge in [0.15, 0.2) is 0 Å². The predicted molar refractivity (Wildman–Crippen MR) is 102 cm³/mol. The van der Waals surface area contributed by atoms with Crippen molar-refractivity contribution < 1.29 is 73.8 Å². The Balaban J connectivity index is 3.02. The van der Waals surface area contributed by atoms with Gasteiger partial charge in [0.25, 0.3) is 0 Å². The molecule has 1 fully saturated rings. The molecule has 1 aliphatic rings. The number of rotatable bonds is 9. The predicted octanol–water partition coefficient (Wildman–Crippen LogP) is -3.24. The van der Waals surface area contributed by atoms with Crippen LogP contribution < -0.4 is 5.73 Å². The maximum atomic E-state index is 11.4. The molecule has 6 N–H and O–H groups in total. The zero-order valence-corrected chi connectivity index (χ0v) is 19.3. The molecule has 0 aliphatic carbocycles. The normalized spacial score (nSPS) is 24.5. The van der Waals surface area contributed by atoms with Crippen molar-refractivity contribution in [2.24, 2.45) is 5.73 Å². The van der Waals surface area contributed by atoms with Crippen molar-refractivity contribution in [2.75, 3.05) is 85.1 Å². The first-order valence-electron chi connectivity index (χ1n) is 9.78. The van der Waals surface area contributed by atoms with Gasteiger partial charge in [0.1, 0.15) is 0 Å². The Bertz CT molecular complexity index is 585. The van der Waals surface area contributed by atoms with Crippen molar-refractivity contribution >= 4 is 17.9 Å². The summed E-state index contributed by atoms with van der Waals surface area (Å²) in [6.45, 7) is 3.47. The van der Waals surface area contributed by atoms with Gasteiger partial charge in [-0.25, -0.2) is 0 Å². The topological polar surface area (TPSA) is 168 Å². The van der Waals surface area contributed by atoms with E-state index in [0.29, 0.717) is 58.9 Å². The molecule has 1 aliphatic heterocycles. The Morgan fingerprint density at radius 2 is 1.27 bits per heavy atom. The van der Waals surface area contributed by atoms with Crippen LogP contribution >= 0.6 is 0 Å². The van der Waals surface area contributed by atoms with Crippen LogP contribution in [-0.4, -0.2) is 145 Å². The summed E-state index contributed by atoms with van der Waals surface area (Å²) in [5.74, 6) is -2.88. The van der Waals surface area contributed by atoms with Gasteiger partial charge < -0.3 is 0 Å². The number of β-amino-alcohol motifs (C(OH)–C–C–N with tert-alkyl or cyclic N) is 1. The number of carboxylic acid groups (broad SMARTS) is 3. The average Bonchev–Trinajstić information content (AvgIpc) is 2.63. The third-order valence-electron chi connectivity index (χ3n) is 4.96. The van der Waals surface area contributed by atoms with E-state index in [-0.39, 0.29) is 26.9 Å². The molecule has 2 atom stereocenters. The van der Waals surface area contributed by atoms with Crippen LogP contribution in [-0.2, 0) is 14.4 Å². The number of nitrogens with zero attached hydrogens (tertiary/aromatic N) is 4. The summed E-state index contributed by atoms with van der Waals surface area (Å²) in [5.41, 5.74) is 5.53. The van der Waals surface area contributed by atoms with Crippen LogP contribution in [0.2, 0.25) is 0 Å².